The lowest BCUT2D eigenvalue weighted by Crippen LogP contribution is -2.46. The van der Waals surface area contributed by atoms with Crippen molar-refractivity contribution in [2.75, 3.05) is 17.2 Å². The summed E-state index contributed by atoms with van der Waals surface area (Å²) in [6.07, 6.45) is 6.03. The lowest BCUT2D eigenvalue weighted by atomic mass is 10.0. The molecular formula is C14H18N4. The van der Waals surface area contributed by atoms with Crippen LogP contribution < -0.4 is 10.6 Å². The number of nitrogen functional groups attached to an aromatic ring is 1. The molecule has 94 valence electrons. The highest BCUT2D eigenvalue weighted by Gasteiger charge is 2.26. The summed E-state index contributed by atoms with van der Waals surface area (Å²) in [5.74, 6) is 1.62. The van der Waals surface area contributed by atoms with Gasteiger partial charge in [-0.3, -0.25) is 0 Å². The SMILES string of the molecule is CCc1cnc(N2CC[C@@H]2C)c2cnc(N)cc12. The van der Waals surface area contributed by atoms with Crippen LogP contribution in [0.2, 0.25) is 0 Å². The lowest BCUT2D eigenvalue weighted by Gasteiger charge is -2.40. The molecule has 2 N–H and O–H groups in total. The maximum Gasteiger partial charge on any atom is 0.138 e. The van der Waals surface area contributed by atoms with Gasteiger partial charge in [0, 0.05) is 30.4 Å². The standard InChI is InChI=1S/C14H18N4/c1-3-10-7-17-14(18-5-4-9(18)2)12-8-16-13(15)6-11(10)12/h6-9H,3-5H2,1-2H3,(H2,15,16)/t9-/m0/s1. The van der Waals surface area contributed by atoms with Gasteiger partial charge < -0.3 is 10.6 Å². The maximum absolute atomic E-state index is 5.80. The number of aromatic nitrogens is 2. The Morgan fingerprint density at radius 2 is 2.17 bits per heavy atom. The van der Waals surface area contributed by atoms with Crippen LogP contribution in [-0.4, -0.2) is 22.6 Å². The van der Waals surface area contributed by atoms with Crippen molar-refractivity contribution in [3.8, 4) is 0 Å². The Morgan fingerprint density at radius 1 is 1.33 bits per heavy atom. The molecule has 1 aliphatic heterocycles. The number of nitrogens with zero attached hydrogens (tertiary/aromatic N) is 3. The van der Waals surface area contributed by atoms with Crippen molar-refractivity contribution in [2.24, 2.45) is 0 Å². The largest absolute Gasteiger partial charge is 0.384 e. The van der Waals surface area contributed by atoms with E-state index < -0.39 is 0 Å². The topological polar surface area (TPSA) is 55.0 Å². The van der Waals surface area contributed by atoms with Gasteiger partial charge in [0.1, 0.15) is 11.6 Å². The number of anilines is 2. The zero-order valence-electron chi connectivity index (χ0n) is 10.8. The van der Waals surface area contributed by atoms with Crippen LogP contribution in [0.25, 0.3) is 10.8 Å². The van der Waals surface area contributed by atoms with Crippen molar-refractivity contribution in [3.05, 3.63) is 24.0 Å². The summed E-state index contributed by atoms with van der Waals surface area (Å²) in [4.78, 5) is 11.2. The van der Waals surface area contributed by atoms with Crippen molar-refractivity contribution >= 4 is 22.4 Å². The molecule has 3 rings (SSSR count). The summed E-state index contributed by atoms with van der Waals surface area (Å²) in [7, 11) is 0. The van der Waals surface area contributed by atoms with E-state index in [9.17, 15) is 0 Å². The van der Waals surface area contributed by atoms with Crippen LogP contribution in [0.1, 0.15) is 25.8 Å². The predicted molar refractivity (Wildman–Crippen MR) is 74.8 cm³/mol. The molecule has 1 fully saturated rings. The summed E-state index contributed by atoms with van der Waals surface area (Å²) in [5.41, 5.74) is 7.03. The van der Waals surface area contributed by atoms with E-state index >= 15 is 0 Å². The molecule has 18 heavy (non-hydrogen) atoms. The Kier molecular flexibility index (Phi) is 2.58. The van der Waals surface area contributed by atoms with Gasteiger partial charge in [-0.1, -0.05) is 6.92 Å². The van der Waals surface area contributed by atoms with Gasteiger partial charge in [-0.15, -0.1) is 0 Å². The summed E-state index contributed by atoms with van der Waals surface area (Å²) in [5, 5.41) is 2.31. The fraction of sp³-hybridized carbons (Fsp3) is 0.429. The number of aryl methyl sites for hydroxylation is 1. The molecule has 3 heterocycles. The van der Waals surface area contributed by atoms with Crippen LogP contribution in [0.5, 0.6) is 0 Å². The summed E-state index contributed by atoms with van der Waals surface area (Å²) in [6.45, 7) is 5.45. The molecule has 0 bridgehead atoms. The van der Waals surface area contributed by atoms with Crippen LogP contribution in [0.4, 0.5) is 11.6 Å². The van der Waals surface area contributed by atoms with Gasteiger partial charge in [0.05, 0.1) is 0 Å². The van der Waals surface area contributed by atoms with Crippen LogP contribution in [0, 0.1) is 0 Å². The normalized spacial score (nSPS) is 19.0. The molecule has 0 aliphatic carbocycles. The van der Waals surface area contributed by atoms with Crippen molar-refractivity contribution in [3.63, 3.8) is 0 Å². The van der Waals surface area contributed by atoms with Gasteiger partial charge in [0.2, 0.25) is 0 Å². The molecule has 4 heteroatoms. The first-order valence-corrected chi connectivity index (χ1v) is 6.50. The van der Waals surface area contributed by atoms with Gasteiger partial charge in [-0.05, 0) is 36.8 Å². The number of fused-ring (bicyclic) bond motifs is 1. The lowest BCUT2D eigenvalue weighted by molar-refractivity contribution is 0.478. The minimum atomic E-state index is 0.575. The first-order chi connectivity index (χ1) is 8.70. The maximum atomic E-state index is 5.80. The quantitative estimate of drug-likeness (QED) is 0.878. The van der Waals surface area contributed by atoms with E-state index in [1.54, 1.807) is 0 Å². The monoisotopic (exact) mass is 242 g/mol. The Bertz CT molecular complexity index is 594. The van der Waals surface area contributed by atoms with E-state index in [1.807, 2.05) is 18.5 Å². The molecule has 1 atom stereocenters. The third-order valence-corrected chi connectivity index (χ3v) is 3.83. The molecule has 0 spiro atoms. The van der Waals surface area contributed by atoms with Crippen molar-refractivity contribution in [2.45, 2.75) is 32.7 Å². The van der Waals surface area contributed by atoms with Crippen LogP contribution in [0.15, 0.2) is 18.5 Å². The van der Waals surface area contributed by atoms with Crippen LogP contribution in [-0.2, 0) is 6.42 Å². The molecule has 2 aromatic heterocycles. The Morgan fingerprint density at radius 3 is 2.78 bits per heavy atom. The minimum absolute atomic E-state index is 0.575. The first kappa shape index (κ1) is 11.3. The van der Waals surface area contributed by atoms with Crippen LogP contribution in [0.3, 0.4) is 0 Å². The first-order valence-electron chi connectivity index (χ1n) is 6.50. The number of hydrogen-bond acceptors (Lipinski definition) is 4. The van der Waals surface area contributed by atoms with Gasteiger partial charge in [-0.25, -0.2) is 9.97 Å². The third kappa shape index (κ3) is 1.60. The van der Waals surface area contributed by atoms with Gasteiger partial charge >= 0.3 is 0 Å². The smallest absolute Gasteiger partial charge is 0.138 e. The van der Waals surface area contributed by atoms with E-state index in [1.165, 1.54) is 17.4 Å². The highest BCUT2D eigenvalue weighted by molar-refractivity contribution is 5.95. The summed E-state index contributed by atoms with van der Waals surface area (Å²) >= 11 is 0. The average molecular weight is 242 g/mol. The number of rotatable bonds is 2. The molecule has 0 aromatic carbocycles. The second kappa shape index (κ2) is 4.12. The number of pyridine rings is 2. The molecule has 0 saturated carbocycles. The molecule has 0 radical (unpaired) electrons. The number of hydrogen-bond donors (Lipinski definition) is 1. The molecule has 0 unspecified atom stereocenters. The van der Waals surface area contributed by atoms with E-state index in [4.69, 9.17) is 5.73 Å². The molecule has 0 amide bonds. The molecule has 1 aliphatic rings. The minimum Gasteiger partial charge on any atom is -0.384 e. The Hall–Kier alpha value is -1.84. The van der Waals surface area contributed by atoms with E-state index in [0.717, 1.165) is 24.2 Å². The van der Waals surface area contributed by atoms with Crippen molar-refractivity contribution in [1.29, 1.82) is 0 Å². The van der Waals surface area contributed by atoms with Gasteiger partial charge in [-0.2, -0.15) is 0 Å². The fourth-order valence-electron chi connectivity index (χ4n) is 2.54. The highest BCUT2D eigenvalue weighted by atomic mass is 15.3. The highest BCUT2D eigenvalue weighted by Crippen LogP contribution is 2.32. The Balaban J connectivity index is 2.22. The molecule has 2 aromatic rings. The second-order valence-electron chi connectivity index (χ2n) is 4.95. The molecule has 4 nitrogen and oxygen atoms in total. The van der Waals surface area contributed by atoms with E-state index in [0.29, 0.717) is 11.9 Å². The number of nitrogens with two attached hydrogens (primary N) is 1. The van der Waals surface area contributed by atoms with E-state index in [-0.39, 0.29) is 0 Å². The predicted octanol–water partition coefficient (Wildman–Crippen LogP) is 2.37. The average Bonchev–Trinajstić information content (AvgIpc) is 2.37. The zero-order valence-corrected chi connectivity index (χ0v) is 10.8. The summed E-state index contributed by atoms with van der Waals surface area (Å²) in [6, 6.07) is 2.54. The fourth-order valence-corrected chi connectivity index (χ4v) is 2.54. The van der Waals surface area contributed by atoms with Gasteiger partial charge in [0.25, 0.3) is 0 Å². The summed E-state index contributed by atoms with van der Waals surface area (Å²) < 4.78 is 0. The molecule has 1 saturated heterocycles. The van der Waals surface area contributed by atoms with Crippen LogP contribution >= 0.6 is 0 Å². The van der Waals surface area contributed by atoms with Crippen molar-refractivity contribution < 1.29 is 0 Å². The van der Waals surface area contributed by atoms with Crippen molar-refractivity contribution in [1.82, 2.24) is 9.97 Å². The second-order valence-corrected chi connectivity index (χ2v) is 4.95. The Labute approximate surface area is 107 Å². The zero-order chi connectivity index (χ0) is 12.7. The van der Waals surface area contributed by atoms with Gasteiger partial charge in [0.15, 0.2) is 0 Å². The van der Waals surface area contributed by atoms with E-state index in [2.05, 4.69) is 28.7 Å². The third-order valence-electron chi connectivity index (χ3n) is 3.83. The molecular weight excluding hydrogens is 224 g/mol.